The Morgan fingerprint density at radius 2 is 2.23 bits per heavy atom. The molecule has 70 valence electrons. The molecule has 1 aromatic heterocycles. The molecule has 2 rings (SSSR count). The molecule has 0 radical (unpaired) electrons. The smallest absolute Gasteiger partial charge is 0.164 e. The van der Waals surface area contributed by atoms with Gasteiger partial charge in [-0.3, -0.25) is 4.79 Å². The summed E-state index contributed by atoms with van der Waals surface area (Å²) >= 11 is 0. The number of rotatable bonds is 2. The van der Waals surface area contributed by atoms with Crippen molar-refractivity contribution in [2.75, 3.05) is 0 Å². The monoisotopic (exact) mass is 179 g/mol. The van der Waals surface area contributed by atoms with Gasteiger partial charge < -0.3 is 4.52 Å². The number of ketones is 1. The highest BCUT2D eigenvalue weighted by Gasteiger charge is 2.25. The van der Waals surface area contributed by atoms with Crippen LogP contribution in [0, 0.1) is 0 Å². The van der Waals surface area contributed by atoms with Gasteiger partial charge in [0.2, 0.25) is 0 Å². The van der Waals surface area contributed by atoms with Gasteiger partial charge in [-0.1, -0.05) is 18.0 Å². The number of carbonyl (C=O) groups is 1. The first-order chi connectivity index (χ1) is 6.29. The molecule has 0 saturated heterocycles. The molecule has 1 aliphatic rings. The van der Waals surface area contributed by atoms with Crippen LogP contribution in [0.1, 0.15) is 54.6 Å². The normalized spacial score (nSPS) is 17.9. The van der Waals surface area contributed by atoms with Crippen molar-refractivity contribution in [3.05, 3.63) is 17.5 Å². The maximum Gasteiger partial charge on any atom is 0.164 e. The minimum Gasteiger partial charge on any atom is -0.360 e. The summed E-state index contributed by atoms with van der Waals surface area (Å²) in [6.45, 7) is 1.56. The van der Waals surface area contributed by atoms with Crippen molar-refractivity contribution in [2.24, 2.45) is 0 Å². The zero-order chi connectivity index (χ0) is 9.26. The van der Waals surface area contributed by atoms with E-state index in [2.05, 4.69) is 5.16 Å². The van der Waals surface area contributed by atoms with Crippen LogP contribution in [-0.4, -0.2) is 10.9 Å². The number of hydrogen-bond acceptors (Lipinski definition) is 3. The lowest BCUT2D eigenvalue weighted by molar-refractivity contribution is 0.101. The van der Waals surface area contributed by atoms with Gasteiger partial charge in [-0.15, -0.1) is 0 Å². The van der Waals surface area contributed by atoms with E-state index in [9.17, 15) is 4.79 Å². The maximum absolute atomic E-state index is 11.2. The van der Waals surface area contributed by atoms with Crippen LogP contribution in [0.15, 0.2) is 10.7 Å². The Kier molecular flexibility index (Phi) is 2.17. The van der Waals surface area contributed by atoms with E-state index in [0.717, 1.165) is 18.6 Å². The van der Waals surface area contributed by atoms with Crippen LogP contribution in [0.25, 0.3) is 0 Å². The molecule has 3 nitrogen and oxygen atoms in total. The molecule has 0 spiro atoms. The molecule has 13 heavy (non-hydrogen) atoms. The number of nitrogens with zero attached hydrogens (tertiary/aromatic N) is 1. The predicted octanol–water partition coefficient (Wildman–Crippen LogP) is 2.53. The van der Waals surface area contributed by atoms with Gasteiger partial charge in [0, 0.05) is 5.92 Å². The highest BCUT2D eigenvalue weighted by molar-refractivity contribution is 5.94. The van der Waals surface area contributed by atoms with E-state index in [0.29, 0.717) is 11.5 Å². The Balaban J connectivity index is 2.28. The van der Waals surface area contributed by atoms with Crippen molar-refractivity contribution >= 4 is 5.78 Å². The van der Waals surface area contributed by atoms with Crippen molar-refractivity contribution < 1.29 is 9.32 Å². The van der Waals surface area contributed by atoms with Crippen LogP contribution >= 0.6 is 0 Å². The van der Waals surface area contributed by atoms with Gasteiger partial charge in [-0.05, 0) is 19.8 Å². The molecule has 1 aliphatic carbocycles. The molecule has 0 aliphatic heterocycles. The van der Waals surface area contributed by atoms with E-state index in [1.54, 1.807) is 6.92 Å². The van der Waals surface area contributed by atoms with Crippen LogP contribution in [0.3, 0.4) is 0 Å². The molecule has 3 heteroatoms. The van der Waals surface area contributed by atoms with Gasteiger partial charge in [0.1, 0.15) is 0 Å². The summed E-state index contributed by atoms with van der Waals surface area (Å²) in [5.74, 6) is 1.30. The Morgan fingerprint density at radius 3 is 2.85 bits per heavy atom. The van der Waals surface area contributed by atoms with Crippen LogP contribution in [0.2, 0.25) is 0 Å². The average Bonchev–Trinajstić information content (AvgIpc) is 2.74. The topological polar surface area (TPSA) is 43.1 Å². The van der Waals surface area contributed by atoms with Crippen LogP contribution in [0.4, 0.5) is 0 Å². The van der Waals surface area contributed by atoms with E-state index in [4.69, 9.17) is 4.52 Å². The SMILES string of the molecule is CC(=O)c1cnoc1C1CCCC1. The molecule has 1 heterocycles. The fraction of sp³-hybridized carbons (Fsp3) is 0.600. The zero-order valence-corrected chi connectivity index (χ0v) is 7.75. The Bertz CT molecular complexity index is 310. The summed E-state index contributed by atoms with van der Waals surface area (Å²) in [4.78, 5) is 11.2. The first-order valence-corrected chi connectivity index (χ1v) is 4.74. The van der Waals surface area contributed by atoms with Gasteiger partial charge in [0.25, 0.3) is 0 Å². The van der Waals surface area contributed by atoms with Crippen molar-refractivity contribution in [1.29, 1.82) is 0 Å². The number of aromatic nitrogens is 1. The lowest BCUT2D eigenvalue weighted by Crippen LogP contribution is -1.99. The van der Waals surface area contributed by atoms with E-state index < -0.39 is 0 Å². The molecule has 0 atom stereocenters. The number of Topliss-reactive ketones (excluding diaryl/α,β-unsaturated/α-hetero) is 1. The fourth-order valence-electron chi connectivity index (χ4n) is 2.00. The largest absolute Gasteiger partial charge is 0.360 e. The fourth-order valence-corrected chi connectivity index (χ4v) is 2.00. The minimum atomic E-state index is 0.0585. The van der Waals surface area contributed by atoms with Crippen LogP contribution < -0.4 is 0 Å². The third-order valence-electron chi connectivity index (χ3n) is 2.70. The highest BCUT2D eigenvalue weighted by Crippen LogP contribution is 2.35. The first-order valence-electron chi connectivity index (χ1n) is 4.74. The zero-order valence-electron chi connectivity index (χ0n) is 7.75. The molecule has 0 bridgehead atoms. The summed E-state index contributed by atoms with van der Waals surface area (Å²) in [5, 5.41) is 3.69. The van der Waals surface area contributed by atoms with Crippen molar-refractivity contribution in [3.63, 3.8) is 0 Å². The lowest BCUT2D eigenvalue weighted by Gasteiger charge is -2.04. The molecule has 0 N–H and O–H groups in total. The summed E-state index contributed by atoms with van der Waals surface area (Å²) in [7, 11) is 0. The molecule has 1 fully saturated rings. The van der Waals surface area contributed by atoms with E-state index in [1.807, 2.05) is 0 Å². The molecule has 1 aromatic rings. The average molecular weight is 179 g/mol. The van der Waals surface area contributed by atoms with Crippen molar-refractivity contribution in [3.8, 4) is 0 Å². The van der Waals surface area contributed by atoms with E-state index in [1.165, 1.54) is 19.0 Å². The molecule has 1 saturated carbocycles. The van der Waals surface area contributed by atoms with Gasteiger partial charge in [0.05, 0.1) is 11.8 Å². The summed E-state index contributed by atoms with van der Waals surface area (Å²) in [6, 6.07) is 0. The Hall–Kier alpha value is -1.12. The van der Waals surface area contributed by atoms with Gasteiger partial charge in [0.15, 0.2) is 11.5 Å². The highest BCUT2D eigenvalue weighted by atomic mass is 16.5. The predicted molar refractivity (Wildman–Crippen MR) is 47.7 cm³/mol. The Labute approximate surface area is 77.1 Å². The standard InChI is InChI=1S/C10H13NO2/c1-7(12)9-6-11-13-10(9)8-4-2-3-5-8/h6,8H,2-5H2,1H3. The molecule has 0 unspecified atom stereocenters. The molecule has 0 aromatic carbocycles. The number of carbonyl (C=O) groups excluding carboxylic acids is 1. The summed E-state index contributed by atoms with van der Waals surface area (Å²) < 4.78 is 5.14. The molecular weight excluding hydrogens is 166 g/mol. The third-order valence-corrected chi connectivity index (χ3v) is 2.70. The van der Waals surface area contributed by atoms with E-state index >= 15 is 0 Å². The second kappa shape index (κ2) is 3.32. The minimum absolute atomic E-state index is 0.0585. The first kappa shape index (κ1) is 8.48. The van der Waals surface area contributed by atoms with E-state index in [-0.39, 0.29) is 5.78 Å². The number of hydrogen-bond donors (Lipinski definition) is 0. The second-order valence-electron chi connectivity index (χ2n) is 3.64. The maximum atomic E-state index is 11.2. The molecule has 0 amide bonds. The Morgan fingerprint density at radius 1 is 1.54 bits per heavy atom. The van der Waals surface area contributed by atoms with Gasteiger partial charge >= 0.3 is 0 Å². The second-order valence-corrected chi connectivity index (χ2v) is 3.64. The quantitative estimate of drug-likeness (QED) is 0.655. The summed E-state index contributed by atoms with van der Waals surface area (Å²) in [6.07, 6.45) is 6.28. The van der Waals surface area contributed by atoms with Crippen LogP contribution in [0.5, 0.6) is 0 Å². The van der Waals surface area contributed by atoms with Gasteiger partial charge in [-0.25, -0.2) is 0 Å². The third kappa shape index (κ3) is 1.50. The lowest BCUT2D eigenvalue weighted by atomic mass is 10.00. The molecular formula is C10H13NO2. The van der Waals surface area contributed by atoms with Crippen molar-refractivity contribution in [2.45, 2.75) is 38.5 Å². The summed E-state index contributed by atoms with van der Waals surface area (Å²) in [5.41, 5.74) is 0.673. The van der Waals surface area contributed by atoms with Crippen LogP contribution in [-0.2, 0) is 0 Å². The van der Waals surface area contributed by atoms with Crippen molar-refractivity contribution in [1.82, 2.24) is 5.16 Å². The van der Waals surface area contributed by atoms with Gasteiger partial charge in [-0.2, -0.15) is 0 Å².